The largest absolute Gasteiger partial charge is 0.478 e. The number of carbonyl (C=O) groups excluding carboxylic acids is 2. The number of ether oxygens (including phenoxy) is 2. The smallest absolute Gasteiger partial charge is 0.339 e. The molecule has 8 heteroatoms. The van der Waals surface area contributed by atoms with Crippen LogP contribution in [-0.4, -0.2) is 40.7 Å². The highest BCUT2D eigenvalue weighted by molar-refractivity contribution is 6.03. The van der Waals surface area contributed by atoms with Gasteiger partial charge in [0.1, 0.15) is 6.61 Å². The Kier molecular flexibility index (Phi) is 19.1. The number of carboxylic acid groups (broad SMARTS) is 2. The zero-order chi connectivity index (χ0) is 36.0. The molecule has 0 aliphatic carbocycles. The fourth-order valence-electron chi connectivity index (χ4n) is 5.35. The van der Waals surface area contributed by atoms with E-state index in [1.165, 1.54) is 31.7 Å². The van der Waals surface area contributed by atoms with Gasteiger partial charge in [-0.25, -0.2) is 19.2 Å². The predicted octanol–water partition coefficient (Wildman–Crippen LogP) is 10.0. The Morgan fingerprint density at radius 1 is 0.551 bits per heavy atom. The maximum Gasteiger partial charge on any atom is 0.339 e. The number of hydrogen-bond acceptors (Lipinski definition) is 6. The van der Waals surface area contributed by atoms with E-state index in [0.717, 1.165) is 55.9 Å². The van der Waals surface area contributed by atoms with Crippen molar-refractivity contribution < 1.29 is 38.9 Å². The van der Waals surface area contributed by atoms with E-state index in [0.29, 0.717) is 18.6 Å². The molecule has 3 rings (SSSR count). The summed E-state index contributed by atoms with van der Waals surface area (Å²) in [6, 6.07) is 20.7. The average Bonchev–Trinajstić information content (AvgIpc) is 3.08. The quantitative estimate of drug-likeness (QED) is 0.0895. The number of carboxylic acids is 2. The first-order valence-corrected chi connectivity index (χ1v) is 17.6. The van der Waals surface area contributed by atoms with Gasteiger partial charge in [-0.05, 0) is 60.4 Å². The fraction of sp³-hybridized carbons (Fsp3) is 0.463. The molecule has 0 fully saturated rings. The monoisotopic (exact) mass is 674 g/mol. The summed E-state index contributed by atoms with van der Waals surface area (Å²) in [4.78, 5) is 47.2. The van der Waals surface area contributed by atoms with Crippen LogP contribution in [0.1, 0.15) is 144 Å². The normalized spacial score (nSPS) is 10.7. The number of benzene rings is 3. The van der Waals surface area contributed by atoms with E-state index in [-0.39, 0.29) is 28.9 Å². The molecule has 0 aromatic heterocycles. The van der Waals surface area contributed by atoms with Crippen LogP contribution in [-0.2, 0) is 22.5 Å². The summed E-state index contributed by atoms with van der Waals surface area (Å²) in [5.74, 6) is -1.90. The SMILES string of the molecule is CC(C)CCCCCCOC(=O)c1ccccc1C(=O)OCc1ccccc1.CC(C)CCCCCCc1cccc(C(=O)O)c1C(=O)O. The molecule has 8 nitrogen and oxygen atoms in total. The molecule has 0 saturated carbocycles. The molecule has 0 atom stereocenters. The van der Waals surface area contributed by atoms with Crippen LogP contribution < -0.4 is 0 Å². The summed E-state index contributed by atoms with van der Waals surface area (Å²) in [6.07, 6.45) is 11.6. The topological polar surface area (TPSA) is 127 Å². The molecular weight excluding hydrogens is 620 g/mol. The van der Waals surface area contributed by atoms with E-state index in [2.05, 4.69) is 27.7 Å². The van der Waals surface area contributed by atoms with Gasteiger partial charge in [0.15, 0.2) is 0 Å². The Hall–Kier alpha value is -4.46. The number of carbonyl (C=O) groups is 4. The van der Waals surface area contributed by atoms with Crippen molar-refractivity contribution in [3.8, 4) is 0 Å². The van der Waals surface area contributed by atoms with Gasteiger partial charge in [-0.3, -0.25) is 0 Å². The van der Waals surface area contributed by atoms with Crippen LogP contribution in [0.15, 0.2) is 72.8 Å². The molecule has 0 radical (unpaired) electrons. The van der Waals surface area contributed by atoms with Crippen molar-refractivity contribution in [2.45, 2.75) is 105 Å². The molecule has 49 heavy (non-hydrogen) atoms. The van der Waals surface area contributed by atoms with Crippen LogP contribution in [0.25, 0.3) is 0 Å². The number of rotatable bonds is 20. The van der Waals surface area contributed by atoms with Gasteiger partial charge in [-0.1, -0.05) is 134 Å². The lowest BCUT2D eigenvalue weighted by molar-refractivity contribution is 0.0436. The van der Waals surface area contributed by atoms with E-state index >= 15 is 0 Å². The van der Waals surface area contributed by atoms with Gasteiger partial charge >= 0.3 is 23.9 Å². The number of hydrogen-bond donors (Lipinski definition) is 2. The van der Waals surface area contributed by atoms with E-state index in [1.54, 1.807) is 36.4 Å². The third kappa shape index (κ3) is 16.0. The zero-order valence-corrected chi connectivity index (χ0v) is 29.6. The number of esters is 2. The molecule has 0 saturated heterocycles. The van der Waals surface area contributed by atoms with Gasteiger partial charge in [0.05, 0.1) is 28.9 Å². The second kappa shape index (κ2) is 23.0. The number of aryl methyl sites for hydroxylation is 1. The fourth-order valence-corrected chi connectivity index (χ4v) is 5.35. The number of aromatic carboxylic acids is 2. The van der Waals surface area contributed by atoms with Crippen LogP contribution in [0, 0.1) is 11.8 Å². The molecule has 2 N–H and O–H groups in total. The average molecular weight is 675 g/mol. The molecular formula is C41H54O8. The van der Waals surface area contributed by atoms with Crippen molar-refractivity contribution in [3.05, 3.63) is 106 Å². The molecule has 3 aromatic carbocycles. The Morgan fingerprint density at radius 2 is 1.06 bits per heavy atom. The minimum Gasteiger partial charge on any atom is -0.478 e. The molecule has 0 aliphatic heterocycles. The third-order valence-electron chi connectivity index (χ3n) is 8.06. The van der Waals surface area contributed by atoms with Gasteiger partial charge in [0.25, 0.3) is 0 Å². The Balaban J connectivity index is 0.000000355. The van der Waals surface area contributed by atoms with Gasteiger partial charge in [0, 0.05) is 0 Å². The first kappa shape index (κ1) is 40.7. The van der Waals surface area contributed by atoms with Crippen LogP contribution in [0.3, 0.4) is 0 Å². The van der Waals surface area contributed by atoms with Gasteiger partial charge in [-0.2, -0.15) is 0 Å². The summed E-state index contributed by atoms with van der Waals surface area (Å²) < 4.78 is 10.7. The van der Waals surface area contributed by atoms with E-state index in [4.69, 9.17) is 14.6 Å². The lowest BCUT2D eigenvalue weighted by Crippen LogP contribution is -2.14. The lowest BCUT2D eigenvalue weighted by Gasteiger charge is -2.10. The van der Waals surface area contributed by atoms with Crippen molar-refractivity contribution in [2.24, 2.45) is 11.8 Å². The first-order chi connectivity index (χ1) is 23.5. The summed E-state index contributed by atoms with van der Waals surface area (Å²) in [5.41, 5.74) is 1.81. The summed E-state index contributed by atoms with van der Waals surface area (Å²) in [6.45, 7) is 9.40. The highest BCUT2D eigenvalue weighted by Gasteiger charge is 2.20. The van der Waals surface area contributed by atoms with E-state index in [1.807, 2.05) is 30.3 Å². The minimum atomic E-state index is -1.19. The van der Waals surface area contributed by atoms with Crippen LogP contribution in [0.5, 0.6) is 0 Å². The van der Waals surface area contributed by atoms with Crippen LogP contribution in [0.4, 0.5) is 0 Å². The second-order valence-corrected chi connectivity index (χ2v) is 13.1. The van der Waals surface area contributed by atoms with Crippen molar-refractivity contribution in [1.29, 1.82) is 0 Å². The van der Waals surface area contributed by atoms with Crippen molar-refractivity contribution in [3.63, 3.8) is 0 Å². The molecule has 0 aliphatic rings. The number of unbranched alkanes of at least 4 members (excludes halogenated alkanes) is 6. The standard InChI is InChI=1S/C24H30O4.C17H24O4/c1-19(2)12-6-3-4-11-17-27-23(25)21-15-9-10-16-22(21)24(26)28-18-20-13-7-5-8-14-20;1-12(2)8-5-3-4-6-9-13-10-7-11-14(16(18)19)15(13)17(20)21/h5,7-10,13-16,19H,3-4,6,11-12,17-18H2,1-2H3;7,10-12H,3-6,8-9H2,1-2H3,(H,18,19)(H,20,21). The molecule has 266 valence electrons. The summed E-state index contributed by atoms with van der Waals surface area (Å²) in [7, 11) is 0. The molecule has 0 heterocycles. The highest BCUT2D eigenvalue weighted by atomic mass is 16.5. The minimum absolute atomic E-state index is 0.0628. The molecule has 0 amide bonds. The zero-order valence-electron chi connectivity index (χ0n) is 29.6. The summed E-state index contributed by atoms with van der Waals surface area (Å²) in [5, 5.41) is 18.3. The van der Waals surface area contributed by atoms with Crippen molar-refractivity contribution in [1.82, 2.24) is 0 Å². The Morgan fingerprint density at radius 3 is 1.61 bits per heavy atom. The Labute approximate surface area is 291 Å². The second-order valence-electron chi connectivity index (χ2n) is 13.1. The molecule has 0 spiro atoms. The molecule has 0 bridgehead atoms. The van der Waals surface area contributed by atoms with Gasteiger partial charge in [-0.15, -0.1) is 0 Å². The third-order valence-corrected chi connectivity index (χ3v) is 8.06. The van der Waals surface area contributed by atoms with Crippen molar-refractivity contribution >= 4 is 23.9 Å². The van der Waals surface area contributed by atoms with Gasteiger partial charge < -0.3 is 19.7 Å². The van der Waals surface area contributed by atoms with Crippen molar-refractivity contribution in [2.75, 3.05) is 6.61 Å². The molecule has 0 unspecified atom stereocenters. The predicted molar refractivity (Wildman–Crippen MR) is 192 cm³/mol. The van der Waals surface area contributed by atoms with E-state index in [9.17, 15) is 24.3 Å². The maximum absolute atomic E-state index is 12.4. The first-order valence-electron chi connectivity index (χ1n) is 17.6. The summed E-state index contributed by atoms with van der Waals surface area (Å²) >= 11 is 0. The van der Waals surface area contributed by atoms with E-state index < -0.39 is 23.9 Å². The van der Waals surface area contributed by atoms with Gasteiger partial charge in [0.2, 0.25) is 0 Å². The highest BCUT2D eigenvalue weighted by Crippen LogP contribution is 2.19. The van der Waals surface area contributed by atoms with Crippen LogP contribution >= 0.6 is 0 Å². The lowest BCUT2D eigenvalue weighted by atomic mass is 9.96. The maximum atomic E-state index is 12.4. The Bertz CT molecular complexity index is 1440. The van der Waals surface area contributed by atoms with Crippen LogP contribution in [0.2, 0.25) is 0 Å². The molecule has 3 aromatic rings.